The fraction of sp³-hybridized carbons (Fsp3) is 0.250. The Kier molecular flexibility index (Phi) is 2.90. The molecule has 0 fully saturated rings. The van der Waals surface area contributed by atoms with Crippen molar-refractivity contribution in [2.24, 2.45) is 0 Å². The standard InChI is InChI=1S/C12H13N7O/c1-7-3-8(2)19-11(17-7)9(4-16-19)12(20)13-5-10-14-6-15-18-10/h3-4,6H,5H2,1-2H3,(H,13,20)(H,14,15,18). The second-order valence-electron chi connectivity index (χ2n) is 4.45. The molecule has 3 aromatic rings. The third-order valence-corrected chi connectivity index (χ3v) is 2.90. The number of carbonyl (C=O) groups is 1. The number of fused-ring (bicyclic) bond motifs is 1. The van der Waals surface area contributed by atoms with Crippen LogP contribution in [0.2, 0.25) is 0 Å². The first-order chi connectivity index (χ1) is 9.65. The lowest BCUT2D eigenvalue weighted by atomic mass is 10.3. The van der Waals surface area contributed by atoms with Gasteiger partial charge in [0.1, 0.15) is 17.7 Å². The number of H-pyrrole nitrogens is 1. The fourth-order valence-corrected chi connectivity index (χ4v) is 2.01. The van der Waals surface area contributed by atoms with E-state index in [1.165, 1.54) is 12.5 Å². The summed E-state index contributed by atoms with van der Waals surface area (Å²) in [6, 6.07) is 1.91. The Morgan fingerprint density at radius 3 is 3.05 bits per heavy atom. The summed E-state index contributed by atoms with van der Waals surface area (Å²) < 4.78 is 1.65. The Hall–Kier alpha value is -2.77. The van der Waals surface area contributed by atoms with Gasteiger partial charge in [-0.25, -0.2) is 14.5 Å². The average Bonchev–Trinajstić information content (AvgIpc) is 3.04. The molecule has 8 nitrogen and oxygen atoms in total. The molecule has 0 aromatic carbocycles. The van der Waals surface area contributed by atoms with E-state index >= 15 is 0 Å². The number of hydrogen-bond acceptors (Lipinski definition) is 5. The van der Waals surface area contributed by atoms with Crippen molar-refractivity contribution >= 4 is 11.6 Å². The number of nitrogens with one attached hydrogen (secondary N) is 2. The maximum atomic E-state index is 12.2. The topological polar surface area (TPSA) is 101 Å². The molecule has 0 spiro atoms. The summed E-state index contributed by atoms with van der Waals surface area (Å²) >= 11 is 0. The summed E-state index contributed by atoms with van der Waals surface area (Å²) in [4.78, 5) is 20.5. The van der Waals surface area contributed by atoms with Crippen molar-refractivity contribution in [1.82, 2.24) is 35.1 Å². The molecule has 0 atom stereocenters. The molecule has 0 aliphatic rings. The van der Waals surface area contributed by atoms with Gasteiger partial charge >= 0.3 is 0 Å². The lowest BCUT2D eigenvalue weighted by Crippen LogP contribution is -2.23. The first-order valence-electron chi connectivity index (χ1n) is 6.09. The van der Waals surface area contributed by atoms with Gasteiger partial charge in [0.25, 0.3) is 5.91 Å². The highest BCUT2D eigenvalue weighted by Crippen LogP contribution is 2.11. The summed E-state index contributed by atoms with van der Waals surface area (Å²) in [7, 11) is 0. The zero-order valence-electron chi connectivity index (χ0n) is 11.1. The largest absolute Gasteiger partial charge is 0.345 e. The predicted molar refractivity (Wildman–Crippen MR) is 70.0 cm³/mol. The SMILES string of the molecule is Cc1cc(C)n2ncc(C(=O)NCc3ncn[nH]3)c2n1. The van der Waals surface area contributed by atoms with Gasteiger partial charge in [0.2, 0.25) is 0 Å². The third-order valence-electron chi connectivity index (χ3n) is 2.90. The molecule has 0 aliphatic carbocycles. The molecule has 0 bridgehead atoms. The molecule has 0 aliphatic heterocycles. The van der Waals surface area contributed by atoms with Crippen LogP contribution in [0.3, 0.4) is 0 Å². The van der Waals surface area contributed by atoms with E-state index in [0.717, 1.165) is 11.4 Å². The van der Waals surface area contributed by atoms with Crippen molar-refractivity contribution in [1.29, 1.82) is 0 Å². The van der Waals surface area contributed by atoms with Crippen LogP contribution in [-0.2, 0) is 6.54 Å². The van der Waals surface area contributed by atoms with Gasteiger partial charge in [0.05, 0.1) is 12.7 Å². The maximum absolute atomic E-state index is 12.2. The Morgan fingerprint density at radius 1 is 1.45 bits per heavy atom. The smallest absolute Gasteiger partial charge is 0.257 e. The number of amides is 1. The van der Waals surface area contributed by atoms with E-state index < -0.39 is 0 Å². The van der Waals surface area contributed by atoms with Crippen LogP contribution < -0.4 is 5.32 Å². The zero-order valence-corrected chi connectivity index (χ0v) is 11.1. The van der Waals surface area contributed by atoms with Crippen LogP contribution in [0.4, 0.5) is 0 Å². The predicted octanol–water partition coefficient (Wildman–Crippen LogP) is 0.394. The molecule has 2 N–H and O–H groups in total. The molecule has 102 valence electrons. The third kappa shape index (κ3) is 2.11. The van der Waals surface area contributed by atoms with Crippen molar-refractivity contribution in [2.45, 2.75) is 20.4 Å². The molecule has 20 heavy (non-hydrogen) atoms. The van der Waals surface area contributed by atoms with E-state index in [0.29, 0.717) is 17.0 Å². The number of rotatable bonds is 3. The highest BCUT2D eigenvalue weighted by Gasteiger charge is 2.15. The van der Waals surface area contributed by atoms with Gasteiger partial charge in [-0.15, -0.1) is 0 Å². The van der Waals surface area contributed by atoms with Gasteiger partial charge in [-0.3, -0.25) is 9.89 Å². The molecular weight excluding hydrogens is 258 g/mol. The summed E-state index contributed by atoms with van der Waals surface area (Å²) in [5.74, 6) is 0.351. The molecule has 3 rings (SSSR count). The Balaban J connectivity index is 1.88. The van der Waals surface area contributed by atoms with Crippen LogP contribution in [0.5, 0.6) is 0 Å². The lowest BCUT2D eigenvalue weighted by molar-refractivity contribution is 0.0951. The summed E-state index contributed by atoms with van der Waals surface area (Å²) in [5, 5.41) is 13.3. The Labute approximate surface area is 114 Å². The van der Waals surface area contributed by atoms with Crippen LogP contribution in [0.25, 0.3) is 5.65 Å². The van der Waals surface area contributed by atoms with Gasteiger partial charge in [0.15, 0.2) is 5.65 Å². The van der Waals surface area contributed by atoms with Crippen LogP contribution in [0.1, 0.15) is 27.6 Å². The maximum Gasteiger partial charge on any atom is 0.257 e. The van der Waals surface area contributed by atoms with Gasteiger partial charge in [-0.1, -0.05) is 0 Å². The molecule has 0 unspecified atom stereocenters. The highest BCUT2D eigenvalue weighted by atomic mass is 16.1. The van der Waals surface area contributed by atoms with E-state index in [2.05, 4.69) is 30.6 Å². The Morgan fingerprint density at radius 2 is 2.30 bits per heavy atom. The van der Waals surface area contributed by atoms with Crippen LogP contribution in [0.15, 0.2) is 18.6 Å². The highest BCUT2D eigenvalue weighted by molar-refractivity contribution is 5.99. The molecule has 8 heteroatoms. The van der Waals surface area contributed by atoms with E-state index in [1.54, 1.807) is 4.52 Å². The fourth-order valence-electron chi connectivity index (χ4n) is 2.01. The quantitative estimate of drug-likeness (QED) is 0.717. The first kappa shape index (κ1) is 12.3. The number of aromatic nitrogens is 6. The minimum atomic E-state index is -0.242. The van der Waals surface area contributed by atoms with E-state index in [4.69, 9.17) is 0 Å². The number of carbonyl (C=O) groups excluding carboxylic acids is 1. The van der Waals surface area contributed by atoms with Crippen molar-refractivity contribution in [3.8, 4) is 0 Å². The number of aryl methyl sites for hydroxylation is 2. The second-order valence-corrected chi connectivity index (χ2v) is 4.45. The summed E-state index contributed by atoms with van der Waals surface area (Å²) in [6.45, 7) is 4.09. The minimum absolute atomic E-state index is 0.242. The monoisotopic (exact) mass is 271 g/mol. The van der Waals surface area contributed by atoms with Gasteiger partial charge < -0.3 is 5.32 Å². The molecule has 0 saturated carbocycles. The number of hydrogen-bond donors (Lipinski definition) is 2. The van der Waals surface area contributed by atoms with Gasteiger partial charge in [-0.2, -0.15) is 10.2 Å². The number of aromatic amines is 1. The van der Waals surface area contributed by atoms with Crippen LogP contribution >= 0.6 is 0 Å². The van der Waals surface area contributed by atoms with E-state index in [1.807, 2.05) is 19.9 Å². The number of nitrogens with zero attached hydrogens (tertiary/aromatic N) is 5. The molecule has 3 aromatic heterocycles. The van der Waals surface area contributed by atoms with Crippen molar-refractivity contribution in [2.75, 3.05) is 0 Å². The van der Waals surface area contributed by atoms with Crippen molar-refractivity contribution < 1.29 is 4.79 Å². The summed E-state index contributed by atoms with van der Waals surface area (Å²) in [5.41, 5.74) is 2.77. The molecule has 1 amide bonds. The van der Waals surface area contributed by atoms with E-state index in [-0.39, 0.29) is 12.5 Å². The van der Waals surface area contributed by atoms with Gasteiger partial charge in [0, 0.05) is 11.4 Å². The first-order valence-corrected chi connectivity index (χ1v) is 6.09. The molecule has 0 saturated heterocycles. The van der Waals surface area contributed by atoms with E-state index in [9.17, 15) is 4.79 Å². The van der Waals surface area contributed by atoms with Crippen LogP contribution in [0, 0.1) is 13.8 Å². The average molecular weight is 271 g/mol. The zero-order chi connectivity index (χ0) is 14.1. The van der Waals surface area contributed by atoms with Gasteiger partial charge in [-0.05, 0) is 19.9 Å². The lowest BCUT2D eigenvalue weighted by Gasteiger charge is -2.03. The van der Waals surface area contributed by atoms with Crippen molar-refractivity contribution in [3.05, 3.63) is 41.4 Å². The summed E-state index contributed by atoms with van der Waals surface area (Å²) in [6.07, 6.45) is 2.91. The molecular formula is C12H13N7O. The second kappa shape index (κ2) is 4.72. The van der Waals surface area contributed by atoms with Crippen LogP contribution in [-0.4, -0.2) is 35.7 Å². The Bertz CT molecular complexity index is 760. The minimum Gasteiger partial charge on any atom is -0.345 e. The molecule has 0 radical (unpaired) electrons. The normalized spacial score (nSPS) is 10.9. The van der Waals surface area contributed by atoms with Crippen molar-refractivity contribution in [3.63, 3.8) is 0 Å². The molecule has 3 heterocycles.